The number of rotatable bonds is 4. The van der Waals surface area contributed by atoms with Gasteiger partial charge in [0.25, 0.3) is 0 Å². The summed E-state index contributed by atoms with van der Waals surface area (Å²) in [7, 11) is 0. The molecule has 26 heavy (non-hydrogen) atoms. The molecule has 2 aromatic rings. The molecule has 0 spiro atoms. The zero-order valence-corrected chi connectivity index (χ0v) is 14.9. The van der Waals surface area contributed by atoms with Gasteiger partial charge in [0, 0.05) is 35.3 Å². The molecule has 132 valence electrons. The molecule has 3 nitrogen and oxygen atoms in total. The van der Waals surface area contributed by atoms with Crippen molar-refractivity contribution in [2.75, 3.05) is 0 Å². The second kappa shape index (κ2) is 6.31. The standard InChI is InChI=1S/C23H22O3/c1-23-13-12-17(18(24)14-23)19(21(25)15-8-4-2-5-9-15)20(23)22(26)16-10-6-3-7-11-16/h2-11,17,19-20H,12-14H2,1H3/t17-,19+,20+,23-/m0/s1. The van der Waals surface area contributed by atoms with Crippen LogP contribution in [0.25, 0.3) is 0 Å². The number of fused-ring (bicyclic) bond motifs is 3. The third-order valence-electron chi connectivity index (χ3n) is 6.26. The topological polar surface area (TPSA) is 51.2 Å². The number of benzene rings is 2. The van der Waals surface area contributed by atoms with Crippen LogP contribution in [-0.4, -0.2) is 17.3 Å². The molecule has 5 rings (SSSR count). The molecular formula is C23H22O3. The highest BCUT2D eigenvalue weighted by Crippen LogP contribution is 2.56. The van der Waals surface area contributed by atoms with Gasteiger partial charge in [-0.2, -0.15) is 0 Å². The van der Waals surface area contributed by atoms with Gasteiger partial charge in [-0.3, -0.25) is 14.4 Å². The summed E-state index contributed by atoms with van der Waals surface area (Å²) in [5, 5.41) is 0. The summed E-state index contributed by atoms with van der Waals surface area (Å²) in [5.74, 6) is -1.24. The lowest BCUT2D eigenvalue weighted by molar-refractivity contribution is -0.139. The minimum Gasteiger partial charge on any atom is -0.299 e. The van der Waals surface area contributed by atoms with Gasteiger partial charge in [0.15, 0.2) is 11.6 Å². The van der Waals surface area contributed by atoms with E-state index in [1.807, 2.05) is 43.3 Å². The number of carbonyl (C=O) groups excluding carboxylic acids is 3. The lowest BCUT2D eigenvalue weighted by Crippen LogP contribution is -2.56. The van der Waals surface area contributed by atoms with Crippen LogP contribution in [0.3, 0.4) is 0 Å². The number of hydrogen-bond acceptors (Lipinski definition) is 3. The molecule has 3 heteroatoms. The molecule has 2 bridgehead atoms. The van der Waals surface area contributed by atoms with Gasteiger partial charge < -0.3 is 0 Å². The third kappa shape index (κ3) is 2.63. The molecule has 3 aliphatic carbocycles. The summed E-state index contributed by atoms with van der Waals surface area (Å²) in [6.07, 6.45) is 1.93. The SMILES string of the molecule is C[C@]12CC[C@@H](C(=O)C1)[C@@H](C(=O)c1ccccc1)[C@@H]2C(=O)c1ccccc1. The summed E-state index contributed by atoms with van der Waals surface area (Å²) in [4.78, 5) is 39.4. The zero-order chi connectivity index (χ0) is 18.3. The predicted octanol–water partition coefficient (Wildman–Crippen LogP) is 4.37. The molecule has 0 amide bonds. The van der Waals surface area contributed by atoms with Crippen molar-refractivity contribution >= 4 is 17.3 Å². The van der Waals surface area contributed by atoms with Crippen molar-refractivity contribution in [3.63, 3.8) is 0 Å². The van der Waals surface area contributed by atoms with E-state index in [4.69, 9.17) is 0 Å². The quantitative estimate of drug-likeness (QED) is 0.772. The Morgan fingerprint density at radius 3 is 1.96 bits per heavy atom. The normalized spacial score (nSPS) is 30.2. The third-order valence-corrected chi connectivity index (χ3v) is 6.26. The molecule has 0 radical (unpaired) electrons. The Hall–Kier alpha value is -2.55. The lowest BCUT2D eigenvalue weighted by Gasteiger charge is -2.52. The smallest absolute Gasteiger partial charge is 0.167 e. The molecule has 0 unspecified atom stereocenters. The molecule has 0 saturated heterocycles. The van der Waals surface area contributed by atoms with Crippen LogP contribution < -0.4 is 0 Å². The highest BCUT2D eigenvalue weighted by atomic mass is 16.1. The molecular weight excluding hydrogens is 324 g/mol. The first-order chi connectivity index (χ1) is 12.5. The minimum absolute atomic E-state index is 0.000388. The van der Waals surface area contributed by atoms with Crippen LogP contribution in [0.1, 0.15) is 46.9 Å². The van der Waals surface area contributed by atoms with E-state index in [2.05, 4.69) is 0 Å². The number of carbonyl (C=O) groups is 3. The van der Waals surface area contributed by atoms with Crippen LogP contribution >= 0.6 is 0 Å². The zero-order valence-electron chi connectivity index (χ0n) is 14.9. The lowest BCUT2D eigenvalue weighted by atomic mass is 9.48. The average molecular weight is 346 g/mol. The Labute approximate surface area is 153 Å². The number of hydrogen-bond donors (Lipinski definition) is 0. The van der Waals surface area contributed by atoms with E-state index in [0.717, 1.165) is 6.42 Å². The number of Topliss-reactive ketones (excluding diaryl/α,β-unsaturated/α-hetero) is 3. The van der Waals surface area contributed by atoms with Crippen molar-refractivity contribution in [2.24, 2.45) is 23.2 Å². The van der Waals surface area contributed by atoms with E-state index in [9.17, 15) is 14.4 Å². The fraction of sp³-hybridized carbons (Fsp3) is 0.348. The highest BCUT2D eigenvalue weighted by Gasteiger charge is 2.59. The Morgan fingerprint density at radius 2 is 1.42 bits per heavy atom. The van der Waals surface area contributed by atoms with Gasteiger partial charge in [0.05, 0.1) is 0 Å². The predicted molar refractivity (Wildman–Crippen MR) is 99.0 cm³/mol. The molecule has 0 aliphatic heterocycles. The van der Waals surface area contributed by atoms with Gasteiger partial charge in [-0.1, -0.05) is 67.6 Å². The van der Waals surface area contributed by atoms with E-state index >= 15 is 0 Å². The monoisotopic (exact) mass is 346 g/mol. The Kier molecular flexibility index (Phi) is 4.10. The second-order valence-electron chi connectivity index (χ2n) is 7.91. The molecule has 3 aliphatic rings. The van der Waals surface area contributed by atoms with Crippen molar-refractivity contribution in [1.29, 1.82) is 0 Å². The Morgan fingerprint density at radius 1 is 0.885 bits per heavy atom. The van der Waals surface area contributed by atoms with Gasteiger partial charge in [-0.25, -0.2) is 0 Å². The molecule has 4 atom stereocenters. The van der Waals surface area contributed by atoms with Crippen LogP contribution in [0.15, 0.2) is 60.7 Å². The molecule has 0 N–H and O–H groups in total. The Balaban J connectivity index is 1.79. The van der Waals surface area contributed by atoms with Crippen LogP contribution in [0.4, 0.5) is 0 Å². The summed E-state index contributed by atoms with van der Waals surface area (Å²) >= 11 is 0. The largest absolute Gasteiger partial charge is 0.299 e. The van der Waals surface area contributed by atoms with E-state index < -0.39 is 17.3 Å². The maximum absolute atomic E-state index is 13.4. The first-order valence-electron chi connectivity index (χ1n) is 9.22. The second-order valence-corrected chi connectivity index (χ2v) is 7.91. The average Bonchev–Trinajstić information content (AvgIpc) is 2.67. The van der Waals surface area contributed by atoms with E-state index in [1.54, 1.807) is 24.3 Å². The first-order valence-corrected chi connectivity index (χ1v) is 9.22. The van der Waals surface area contributed by atoms with Crippen molar-refractivity contribution in [1.82, 2.24) is 0 Å². The summed E-state index contributed by atoms with van der Waals surface area (Å²) in [6.45, 7) is 2.01. The molecule has 0 aromatic heterocycles. The molecule has 2 aromatic carbocycles. The first kappa shape index (κ1) is 16.9. The maximum atomic E-state index is 13.4. The van der Waals surface area contributed by atoms with Gasteiger partial charge in [-0.15, -0.1) is 0 Å². The van der Waals surface area contributed by atoms with E-state index in [1.165, 1.54) is 0 Å². The summed E-state index contributed by atoms with van der Waals surface area (Å²) < 4.78 is 0. The highest BCUT2D eigenvalue weighted by molar-refractivity contribution is 6.08. The van der Waals surface area contributed by atoms with Gasteiger partial charge >= 0.3 is 0 Å². The summed E-state index contributed by atoms with van der Waals surface area (Å²) in [5.41, 5.74) is 0.783. The van der Waals surface area contributed by atoms with Gasteiger partial charge in [0.2, 0.25) is 0 Å². The number of ketones is 3. The van der Waals surface area contributed by atoms with E-state index in [0.29, 0.717) is 24.0 Å². The molecule has 3 fully saturated rings. The summed E-state index contributed by atoms with van der Waals surface area (Å²) in [6, 6.07) is 18.2. The van der Waals surface area contributed by atoms with Gasteiger partial charge in [0.1, 0.15) is 5.78 Å². The Bertz CT molecular complexity index is 856. The van der Waals surface area contributed by atoms with E-state index in [-0.39, 0.29) is 23.3 Å². The van der Waals surface area contributed by atoms with Crippen molar-refractivity contribution in [2.45, 2.75) is 26.2 Å². The van der Waals surface area contributed by atoms with Crippen molar-refractivity contribution in [3.05, 3.63) is 71.8 Å². The minimum atomic E-state index is -0.551. The van der Waals surface area contributed by atoms with Gasteiger partial charge in [-0.05, 0) is 18.3 Å². The fourth-order valence-corrected chi connectivity index (χ4v) is 4.97. The van der Waals surface area contributed by atoms with Crippen LogP contribution in [0.5, 0.6) is 0 Å². The van der Waals surface area contributed by atoms with Crippen LogP contribution in [0, 0.1) is 23.2 Å². The van der Waals surface area contributed by atoms with Crippen molar-refractivity contribution in [3.8, 4) is 0 Å². The van der Waals surface area contributed by atoms with Crippen LogP contribution in [-0.2, 0) is 4.79 Å². The fourth-order valence-electron chi connectivity index (χ4n) is 4.97. The maximum Gasteiger partial charge on any atom is 0.167 e. The molecule has 0 heterocycles. The molecule has 3 saturated carbocycles. The van der Waals surface area contributed by atoms with Crippen molar-refractivity contribution < 1.29 is 14.4 Å². The van der Waals surface area contributed by atoms with Crippen LogP contribution in [0.2, 0.25) is 0 Å².